The zero-order valence-electron chi connectivity index (χ0n) is 21.2. The smallest absolute Gasteiger partial charge is 0.302 e. The molecule has 0 amide bonds. The van der Waals surface area contributed by atoms with Crippen molar-refractivity contribution in [1.82, 2.24) is 0 Å². The van der Waals surface area contributed by atoms with E-state index in [0.717, 1.165) is 42.4 Å². The van der Waals surface area contributed by atoms with Gasteiger partial charge in [-0.2, -0.15) is 0 Å². The highest BCUT2D eigenvalue weighted by Gasteiger charge is 2.58. The Morgan fingerprint density at radius 1 is 1.03 bits per heavy atom. The van der Waals surface area contributed by atoms with Crippen LogP contribution in [0.25, 0.3) is 0 Å². The normalized spacial score (nSPS) is 42.9. The number of carbonyl (C=O) groups is 1. The molecule has 0 heterocycles. The first-order valence-electron chi connectivity index (χ1n) is 13.5. The summed E-state index contributed by atoms with van der Waals surface area (Å²) in [6, 6.07) is 0. The number of hydrogen-bond acceptors (Lipinski definition) is 2. The zero-order valence-corrected chi connectivity index (χ0v) is 21.2. The molecule has 0 aromatic heterocycles. The van der Waals surface area contributed by atoms with Gasteiger partial charge in [0.25, 0.3) is 0 Å². The van der Waals surface area contributed by atoms with Crippen molar-refractivity contribution in [3.8, 4) is 0 Å². The molecule has 3 fully saturated rings. The highest BCUT2D eigenvalue weighted by molar-refractivity contribution is 5.66. The molecule has 2 nitrogen and oxygen atoms in total. The maximum absolute atomic E-state index is 11.5. The number of ether oxygens (including phenoxy) is 1. The quantitative estimate of drug-likeness (QED) is 0.317. The topological polar surface area (TPSA) is 26.3 Å². The first kappa shape index (κ1) is 23.4. The van der Waals surface area contributed by atoms with Gasteiger partial charge in [0.15, 0.2) is 0 Å². The number of hydrogen-bond donors (Lipinski definition) is 0. The van der Waals surface area contributed by atoms with Crippen LogP contribution in [0.15, 0.2) is 11.6 Å². The molecule has 0 radical (unpaired) electrons. The SMILES string of the molecule is CC(=O)O[C@@H]1CC[C@@]2(C)[C@@H](CC=C3[C@H]2CC[C@]2(C)[C@H]3CC[C@H]2[C@H](C)CCCC(C)C)C1. The van der Waals surface area contributed by atoms with Crippen LogP contribution in [0, 0.1) is 46.3 Å². The van der Waals surface area contributed by atoms with Crippen molar-refractivity contribution in [2.45, 2.75) is 118 Å². The van der Waals surface area contributed by atoms with Crippen LogP contribution in [0.5, 0.6) is 0 Å². The van der Waals surface area contributed by atoms with E-state index in [-0.39, 0.29) is 12.1 Å². The molecule has 0 unspecified atom stereocenters. The second-order valence-electron chi connectivity index (χ2n) is 12.8. The third kappa shape index (κ3) is 4.26. The minimum Gasteiger partial charge on any atom is -0.463 e. The third-order valence-corrected chi connectivity index (χ3v) is 10.6. The standard InChI is InChI=1S/C29H48O2/c1-19(2)8-7-9-20(3)25-12-13-26-24-11-10-22-18-23(31-21(4)30)14-16-28(22,5)27(24)15-17-29(25,26)6/h11,19-20,22-23,25-27H,7-10,12-18H2,1-6H3/t20-,22+,23-,25+,26+,27-,28+,29+/m1/s1. The molecule has 4 aliphatic carbocycles. The first-order chi connectivity index (χ1) is 14.6. The summed E-state index contributed by atoms with van der Waals surface area (Å²) < 4.78 is 5.63. The molecule has 0 aromatic rings. The van der Waals surface area contributed by atoms with Crippen LogP contribution in [0.2, 0.25) is 0 Å². The summed E-state index contributed by atoms with van der Waals surface area (Å²) in [7, 11) is 0. The third-order valence-electron chi connectivity index (χ3n) is 10.6. The fourth-order valence-corrected chi connectivity index (χ4v) is 8.84. The van der Waals surface area contributed by atoms with E-state index in [4.69, 9.17) is 4.74 Å². The van der Waals surface area contributed by atoms with Crippen molar-refractivity contribution in [3.63, 3.8) is 0 Å². The molecule has 4 rings (SSSR count). The van der Waals surface area contributed by atoms with E-state index in [2.05, 4.69) is 40.7 Å². The molecule has 0 spiro atoms. The average molecular weight is 429 g/mol. The molecular weight excluding hydrogens is 380 g/mol. The summed E-state index contributed by atoms with van der Waals surface area (Å²) in [4.78, 5) is 11.5. The van der Waals surface area contributed by atoms with E-state index in [0.29, 0.717) is 16.7 Å². The van der Waals surface area contributed by atoms with Crippen LogP contribution >= 0.6 is 0 Å². The van der Waals surface area contributed by atoms with Crippen molar-refractivity contribution in [3.05, 3.63) is 11.6 Å². The Bertz CT molecular complexity index is 693. The molecule has 0 bridgehead atoms. The highest BCUT2D eigenvalue weighted by atomic mass is 16.5. The molecule has 176 valence electrons. The van der Waals surface area contributed by atoms with Crippen LogP contribution in [0.4, 0.5) is 0 Å². The van der Waals surface area contributed by atoms with Crippen LogP contribution in [0.1, 0.15) is 112 Å². The lowest BCUT2D eigenvalue weighted by Crippen LogP contribution is -2.50. The number of allylic oxidation sites excluding steroid dienone is 2. The number of rotatable bonds is 6. The number of esters is 1. The minimum atomic E-state index is -0.103. The fourth-order valence-electron chi connectivity index (χ4n) is 8.84. The Labute approximate surface area is 192 Å². The van der Waals surface area contributed by atoms with Gasteiger partial charge in [0.05, 0.1) is 0 Å². The Morgan fingerprint density at radius 2 is 1.74 bits per heavy atom. The predicted molar refractivity (Wildman–Crippen MR) is 129 cm³/mol. The second kappa shape index (κ2) is 8.86. The minimum absolute atomic E-state index is 0.103. The van der Waals surface area contributed by atoms with E-state index in [9.17, 15) is 4.79 Å². The van der Waals surface area contributed by atoms with Crippen molar-refractivity contribution < 1.29 is 9.53 Å². The predicted octanol–water partition coefficient (Wildman–Crippen LogP) is 7.96. The van der Waals surface area contributed by atoms with E-state index < -0.39 is 0 Å². The Hall–Kier alpha value is -0.790. The fraction of sp³-hybridized carbons (Fsp3) is 0.897. The van der Waals surface area contributed by atoms with Gasteiger partial charge in [0, 0.05) is 6.92 Å². The molecule has 4 aliphatic rings. The summed E-state index contributed by atoms with van der Waals surface area (Å²) in [5, 5.41) is 0. The van der Waals surface area contributed by atoms with Gasteiger partial charge in [-0.3, -0.25) is 4.79 Å². The summed E-state index contributed by atoms with van der Waals surface area (Å²) >= 11 is 0. The van der Waals surface area contributed by atoms with E-state index in [1.807, 2.05) is 5.57 Å². The van der Waals surface area contributed by atoms with Crippen LogP contribution < -0.4 is 0 Å². The Balaban J connectivity index is 1.47. The highest BCUT2D eigenvalue weighted by Crippen LogP contribution is 2.67. The van der Waals surface area contributed by atoms with Crippen LogP contribution in [-0.2, 0) is 9.53 Å². The lowest BCUT2D eigenvalue weighted by atomic mass is 9.47. The number of carbonyl (C=O) groups excluding carboxylic acids is 1. The molecule has 8 atom stereocenters. The molecule has 0 saturated heterocycles. The molecule has 0 aromatic carbocycles. The number of fused-ring (bicyclic) bond motifs is 5. The van der Waals surface area contributed by atoms with E-state index >= 15 is 0 Å². The Morgan fingerprint density at radius 3 is 2.45 bits per heavy atom. The van der Waals surface area contributed by atoms with Gasteiger partial charge in [-0.15, -0.1) is 0 Å². The average Bonchev–Trinajstić information content (AvgIpc) is 3.05. The monoisotopic (exact) mass is 428 g/mol. The largest absolute Gasteiger partial charge is 0.463 e. The maximum atomic E-state index is 11.5. The summed E-state index contributed by atoms with van der Waals surface area (Å²) in [6.45, 7) is 14.1. The molecule has 0 aliphatic heterocycles. The second-order valence-corrected chi connectivity index (χ2v) is 12.8. The van der Waals surface area contributed by atoms with Crippen LogP contribution in [-0.4, -0.2) is 12.1 Å². The van der Waals surface area contributed by atoms with Gasteiger partial charge >= 0.3 is 5.97 Å². The summed E-state index contributed by atoms with van der Waals surface area (Å²) in [5.74, 6) is 4.81. The van der Waals surface area contributed by atoms with Gasteiger partial charge in [-0.1, -0.05) is 65.5 Å². The molecule has 3 saturated carbocycles. The Kier molecular flexibility index (Phi) is 6.68. The first-order valence-corrected chi connectivity index (χ1v) is 13.5. The van der Waals surface area contributed by atoms with Gasteiger partial charge < -0.3 is 4.74 Å². The van der Waals surface area contributed by atoms with Gasteiger partial charge in [0.2, 0.25) is 0 Å². The van der Waals surface area contributed by atoms with Gasteiger partial charge in [0.1, 0.15) is 6.10 Å². The summed E-state index contributed by atoms with van der Waals surface area (Å²) in [5.41, 5.74) is 2.80. The van der Waals surface area contributed by atoms with E-state index in [1.165, 1.54) is 57.8 Å². The van der Waals surface area contributed by atoms with Gasteiger partial charge in [-0.25, -0.2) is 0 Å². The molecular formula is C29H48O2. The zero-order chi connectivity index (χ0) is 22.4. The van der Waals surface area contributed by atoms with E-state index in [1.54, 1.807) is 6.92 Å². The summed E-state index contributed by atoms with van der Waals surface area (Å²) in [6.07, 6.45) is 17.3. The van der Waals surface area contributed by atoms with Crippen molar-refractivity contribution in [1.29, 1.82) is 0 Å². The lowest BCUT2D eigenvalue weighted by molar-refractivity contribution is -0.152. The molecule has 0 N–H and O–H groups in total. The molecule has 31 heavy (non-hydrogen) atoms. The molecule has 2 heteroatoms. The van der Waals surface area contributed by atoms with Crippen molar-refractivity contribution in [2.24, 2.45) is 46.3 Å². The van der Waals surface area contributed by atoms with Crippen molar-refractivity contribution >= 4 is 5.97 Å². The lowest BCUT2D eigenvalue weighted by Gasteiger charge is -2.58. The maximum Gasteiger partial charge on any atom is 0.302 e. The van der Waals surface area contributed by atoms with Gasteiger partial charge in [-0.05, 0) is 97.7 Å². The van der Waals surface area contributed by atoms with Crippen molar-refractivity contribution in [2.75, 3.05) is 0 Å². The van der Waals surface area contributed by atoms with Crippen LogP contribution in [0.3, 0.4) is 0 Å².